The van der Waals surface area contributed by atoms with E-state index in [9.17, 15) is 4.79 Å². The molecule has 6 nitrogen and oxygen atoms in total. The summed E-state index contributed by atoms with van der Waals surface area (Å²) in [5, 5.41) is 4.05. The average molecular weight is 350 g/mol. The van der Waals surface area contributed by atoms with Gasteiger partial charge in [-0.25, -0.2) is 4.98 Å². The maximum absolute atomic E-state index is 12.4. The van der Waals surface area contributed by atoms with Crippen LogP contribution in [0.25, 0.3) is 0 Å². The van der Waals surface area contributed by atoms with Gasteiger partial charge >= 0.3 is 0 Å². The Kier molecular flexibility index (Phi) is 3.92. The number of piperazine rings is 1. The van der Waals surface area contributed by atoms with Gasteiger partial charge in [-0.2, -0.15) is 5.10 Å². The van der Waals surface area contributed by atoms with E-state index in [2.05, 4.69) is 30.9 Å². The first-order chi connectivity index (χ1) is 10.1. The number of hydrogen-bond acceptors (Lipinski definition) is 4. The van der Waals surface area contributed by atoms with Crippen LogP contribution in [0.15, 0.2) is 35.1 Å². The molecule has 0 bridgehead atoms. The summed E-state index contributed by atoms with van der Waals surface area (Å²) < 4.78 is 2.58. The minimum atomic E-state index is 0.0402. The highest BCUT2D eigenvalue weighted by atomic mass is 79.9. The van der Waals surface area contributed by atoms with E-state index in [-0.39, 0.29) is 5.91 Å². The maximum atomic E-state index is 12.4. The number of amides is 1. The summed E-state index contributed by atoms with van der Waals surface area (Å²) in [5.74, 6) is 0.990. The molecule has 0 aromatic carbocycles. The summed E-state index contributed by atoms with van der Waals surface area (Å²) >= 11 is 3.38. The van der Waals surface area contributed by atoms with E-state index in [4.69, 9.17) is 0 Å². The van der Waals surface area contributed by atoms with Gasteiger partial charge in [-0.05, 0) is 34.1 Å². The summed E-state index contributed by atoms with van der Waals surface area (Å²) in [6, 6.07) is 5.73. The van der Waals surface area contributed by atoms with Crippen LogP contribution in [-0.4, -0.2) is 51.8 Å². The number of pyridine rings is 1. The third-order valence-electron chi connectivity index (χ3n) is 3.64. The third-order valence-corrected chi connectivity index (χ3v) is 4.11. The normalized spacial score (nSPS) is 15.3. The van der Waals surface area contributed by atoms with E-state index < -0.39 is 0 Å². The Morgan fingerprint density at radius 3 is 2.52 bits per heavy atom. The maximum Gasteiger partial charge on any atom is 0.272 e. The quantitative estimate of drug-likeness (QED) is 0.825. The lowest BCUT2D eigenvalue weighted by Gasteiger charge is -2.35. The molecule has 0 N–H and O–H groups in total. The molecule has 1 amide bonds. The van der Waals surface area contributed by atoms with Crippen molar-refractivity contribution in [3.05, 3.63) is 40.8 Å². The predicted octanol–water partition coefficient (Wildman–Crippen LogP) is 1.54. The number of nitrogens with zero attached hydrogens (tertiary/aromatic N) is 5. The molecule has 3 rings (SSSR count). The Morgan fingerprint density at radius 1 is 1.19 bits per heavy atom. The second-order valence-electron chi connectivity index (χ2n) is 4.95. The summed E-state index contributed by atoms with van der Waals surface area (Å²) in [5.41, 5.74) is 0.630. The fourth-order valence-corrected chi connectivity index (χ4v) is 2.67. The molecular weight excluding hydrogens is 334 g/mol. The van der Waals surface area contributed by atoms with Crippen molar-refractivity contribution < 1.29 is 4.79 Å². The molecule has 3 heterocycles. The zero-order valence-corrected chi connectivity index (χ0v) is 13.3. The standard InChI is InChI=1S/C14H16BrN5O/c1-18-12(4-5-17-18)14(21)20-8-6-19(7-9-20)13-3-2-11(15)10-16-13/h2-5,10H,6-9H2,1H3. The zero-order chi connectivity index (χ0) is 14.8. The minimum Gasteiger partial charge on any atom is -0.353 e. The van der Waals surface area contributed by atoms with Crippen molar-refractivity contribution in [2.45, 2.75) is 0 Å². The molecule has 21 heavy (non-hydrogen) atoms. The number of anilines is 1. The van der Waals surface area contributed by atoms with Gasteiger partial charge in [0.15, 0.2) is 0 Å². The molecule has 0 saturated carbocycles. The molecule has 0 radical (unpaired) electrons. The van der Waals surface area contributed by atoms with Gasteiger partial charge in [-0.3, -0.25) is 9.48 Å². The number of aryl methyl sites for hydroxylation is 1. The molecule has 0 atom stereocenters. The van der Waals surface area contributed by atoms with E-state index in [0.29, 0.717) is 18.8 Å². The first-order valence-electron chi connectivity index (χ1n) is 6.79. The molecule has 1 saturated heterocycles. The molecule has 0 unspecified atom stereocenters. The van der Waals surface area contributed by atoms with Crippen molar-refractivity contribution in [1.82, 2.24) is 19.7 Å². The lowest BCUT2D eigenvalue weighted by atomic mass is 10.2. The van der Waals surface area contributed by atoms with Crippen molar-refractivity contribution in [1.29, 1.82) is 0 Å². The SMILES string of the molecule is Cn1nccc1C(=O)N1CCN(c2ccc(Br)cn2)CC1. The smallest absolute Gasteiger partial charge is 0.272 e. The number of rotatable bonds is 2. The van der Waals surface area contributed by atoms with Crippen LogP contribution in [0.5, 0.6) is 0 Å². The fraction of sp³-hybridized carbons (Fsp3) is 0.357. The number of carbonyl (C=O) groups is 1. The molecule has 2 aromatic heterocycles. The molecule has 7 heteroatoms. The van der Waals surface area contributed by atoms with Gasteiger partial charge in [-0.1, -0.05) is 0 Å². The van der Waals surface area contributed by atoms with Gasteiger partial charge in [0.2, 0.25) is 0 Å². The second-order valence-corrected chi connectivity index (χ2v) is 5.87. The molecule has 1 aliphatic rings. The number of hydrogen-bond donors (Lipinski definition) is 0. The minimum absolute atomic E-state index is 0.0402. The number of halogens is 1. The predicted molar refractivity (Wildman–Crippen MR) is 83.3 cm³/mol. The molecule has 0 aliphatic carbocycles. The van der Waals surface area contributed by atoms with Crippen LogP contribution in [0.2, 0.25) is 0 Å². The van der Waals surface area contributed by atoms with E-state index in [1.165, 1.54) is 0 Å². The summed E-state index contributed by atoms with van der Waals surface area (Å²) in [6.07, 6.45) is 3.44. The van der Waals surface area contributed by atoms with E-state index in [1.54, 1.807) is 30.2 Å². The van der Waals surface area contributed by atoms with Gasteiger partial charge in [0.1, 0.15) is 11.5 Å². The lowest BCUT2D eigenvalue weighted by Crippen LogP contribution is -2.49. The van der Waals surface area contributed by atoms with Crippen molar-refractivity contribution in [3.63, 3.8) is 0 Å². The van der Waals surface area contributed by atoms with Crippen LogP contribution >= 0.6 is 15.9 Å². The van der Waals surface area contributed by atoms with Crippen molar-refractivity contribution >= 4 is 27.7 Å². The van der Waals surface area contributed by atoms with Gasteiger partial charge in [-0.15, -0.1) is 0 Å². The van der Waals surface area contributed by atoms with Crippen LogP contribution in [0.1, 0.15) is 10.5 Å². The van der Waals surface area contributed by atoms with Crippen molar-refractivity contribution in [2.24, 2.45) is 7.05 Å². The van der Waals surface area contributed by atoms with Gasteiger partial charge in [0.05, 0.1) is 0 Å². The highest BCUT2D eigenvalue weighted by molar-refractivity contribution is 9.10. The Morgan fingerprint density at radius 2 is 1.95 bits per heavy atom. The van der Waals surface area contributed by atoms with Crippen molar-refractivity contribution in [3.8, 4) is 0 Å². The molecule has 2 aromatic rings. The Balaban J connectivity index is 1.64. The van der Waals surface area contributed by atoms with Gasteiger partial charge < -0.3 is 9.80 Å². The van der Waals surface area contributed by atoms with E-state index in [0.717, 1.165) is 23.4 Å². The zero-order valence-electron chi connectivity index (χ0n) is 11.7. The highest BCUT2D eigenvalue weighted by Crippen LogP contribution is 2.17. The van der Waals surface area contributed by atoms with E-state index >= 15 is 0 Å². The topological polar surface area (TPSA) is 54.3 Å². The van der Waals surface area contributed by atoms with Crippen LogP contribution in [-0.2, 0) is 7.05 Å². The molecular formula is C14H16BrN5O. The summed E-state index contributed by atoms with van der Waals surface area (Å²) in [4.78, 5) is 20.9. The third kappa shape index (κ3) is 2.92. The summed E-state index contributed by atoms with van der Waals surface area (Å²) in [6.45, 7) is 2.97. The van der Waals surface area contributed by atoms with Gasteiger partial charge in [0, 0.05) is 50.1 Å². The van der Waals surface area contributed by atoms with Crippen LogP contribution in [0.4, 0.5) is 5.82 Å². The lowest BCUT2D eigenvalue weighted by molar-refractivity contribution is 0.0735. The van der Waals surface area contributed by atoms with Crippen molar-refractivity contribution in [2.75, 3.05) is 31.1 Å². The second kappa shape index (κ2) is 5.85. The van der Waals surface area contributed by atoms with Crippen LogP contribution in [0.3, 0.4) is 0 Å². The molecule has 110 valence electrons. The van der Waals surface area contributed by atoms with E-state index in [1.807, 2.05) is 17.0 Å². The Hall–Kier alpha value is -1.89. The largest absolute Gasteiger partial charge is 0.353 e. The monoisotopic (exact) mass is 349 g/mol. The molecule has 1 aliphatic heterocycles. The van der Waals surface area contributed by atoms with Crippen LogP contribution < -0.4 is 4.90 Å². The fourth-order valence-electron chi connectivity index (χ4n) is 2.44. The average Bonchev–Trinajstić information content (AvgIpc) is 2.94. The summed E-state index contributed by atoms with van der Waals surface area (Å²) in [7, 11) is 1.79. The first kappa shape index (κ1) is 14.1. The number of carbonyl (C=O) groups excluding carboxylic acids is 1. The Labute approximate surface area is 131 Å². The molecule has 0 spiro atoms. The molecule has 1 fully saturated rings. The van der Waals surface area contributed by atoms with Gasteiger partial charge in [0.25, 0.3) is 5.91 Å². The Bertz CT molecular complexity index is 631. The highest BCUT2D eigenvalue weighted by Gasteiger charge is 2.24. The first-order valence-corrected chi connectivity index (χ1v) is 7.58. The van der Waals surface area contributed by atoms with Crippen LogP contribution in [0, 0.1) is 0 Å². The number of aromatic nitrogens is 3.